The second kappa shape index (κ2) is 4.94. The predicted octanol–water partition coefficient (Wildman–Crippen LogP) is 1.33. The summed E-state index contributed by atoms with van der Waals surface area (Å²) < 4.78 is 26.4. The van der Waals surface area contributed by atoms with Gasteiger partial charge >= 0.3 is 0 Å². The molecule has 1 unspecified atom stereocenters. The maximum Gasteiger partial charge on any atom is 0.288 e. The highest BCUT2D eigenvalue weighted by Gasteiger charge is 2.51. The number of alkyl halides is 2. The summed E-state index contributed by atoms with van der Waals surface area (Å²) in [4.78, 5) is 24.7. The first-order valence-corrected chi connectivity index (χ1v) is 6.19. The van der Waals surface area contributed by atoms with Crippen LogP contribution in [0, 0.1) is 0 Å². The van der Waals surface area contributed by atoms with Crippen molar-refractivity contribution in [2.75, 3.05) is 13.2 Å². The zero-order valence-electron chi connectivity index (χ0n) is 11.0. The number of hydrogen-bond acceptors (Lipinski definition) is 3. The van der Waals surface area contributed by atoms with E-state index in [1.54, 1.807) is 37.3 Å². The van der Waals surface area contributed by atoms with Gasteiger partial charge in [-0.1, -0.05) is 30.3 Å². The molecule has 1 aliphatic heterocycles. The Morgan fingerprint density at radius 1 is 1.30 bits per heavy atom. The number of aliphatic hydroxyl groups excluding tert-OH is 1. The summed E-state index contributed by atoms with van der Waals surface area (Å²) in [5.41, 5.74) is -0.502. The second-order valence-electron chi connectivity index (χ2n) is 5.17. The van der Waals surface area contributed by atoms with Crippen molar-refractivity contribution in [3.05, 3.63) is 35.9 Å². The summed E-state index contributed by atoms with van der Waals surface area (Å²) >= 11 is 0. The molecule has 1 fully saturated rings. The largest absolute Gasteiger partial charge is 0.390 e. The molecule has 0 bridgehead atoms. The Kier molecular flexibility index (Phi) is 3.60. The minimum atomic E-state index is -3.48. The average molecular weight is 283 g/mol. The van der Waals surface area contributed by atoms with Crippen molar-refractivity contribution in [3.63, 3.8) is 0 Å². The molecule has 2 amide bonds. The van der Waals surface area contributed by atoms with E-state index in [1.807, 2.05) is 0 Å². The summed E-state index contributed by atoms with van der Waals surface area (Å²) in [6, 6.07) is 8.61. The van der Waals surface area contributed by atoms with Crippen LogP contribution < -0.4 is 0 Å². The van der Waals surface area contributed by atoms with Gasteiger partial charge in [0.25, 0.3) is 5.92 Å². The molecule has 1 N–H and O–H groups in total. The SMILES string of the molecule is CC1(c2ccccc2)CC(=O)N(CC(F)(F)CO)C1=O. The Balaban J connectivity index is 2.29. The summed E-state index contributed by atoms with van der Waals surface area (Å²) in [6.07, 6.45) is -0.142. The van der Waals surface area contributed by atoms with Crippen LogP contribution in [-0.2, 0) is 15.0 Å². The highest BCUT2D eigenvalue weighted by atomic mass is 19.3. The number of halogens is 2. The molecular weight excluding hydrogens is 268 g/mol. The minimum absolute atomic E-state index is 0.142. The number of benzene rings is 1. The van der Waals surface area contributed by atoms with Crippen LogP contribution in [0.25, 0.3) is 0 Å². The van der Waals surface area contributed by atoms with Crippen LogP contribution in [0.15, 0.2) is 30.3 Å². The molecule has 2 rings (SSSR count). The van der Waals surface area contributed by atoms with Crippen molar-refractivity contribution in [1.29, 1.82) is 0 Å². The van der Waals surface area contributed by atoms with Crippen LogP contribution in [0.4, 0.5) is 8.78 Å². The van der Waals surface area contributed by atoms with Gasteiger partial charge in [0.2, 0.25) is 11.8 Å². The number of aliphatic hydroxyl groups is 1. The first-order valence-electron chi connectivity index (χ1n) is 6.19. The van der Waals surface area contributed by atoms with Crippen molar-refractivity contribution < 1.29 is 23.5 Å². The number of nitrogens with zero attached hydrogens (tertiary/aromatic N) is 1. The maximum absolute atomic E-state index is 13.2. The summed E-state index contributed by atoms with van der Waals surface area (Å²) in [5.74, 6) is -4.77. The Labute approximate surface area is 115 Å². The molecule has 1 saturated heterocycles. The fourth-order valence-electron chi connectivity index (χ4n) is 2.36. The van der Waals surface area contributed by atoms with E-state index in [4.69, 9.17) is 5.11 Å². The van der Waals surface area contributed by atoms with Crippen molar-refractivity contribution in [3.8, 4) is 0 Å². The lowest BCUT2D eigenvalue weighted by atomic mass is 9.81. The van der Waals surface area contributed by atoms with Crippen LogP contribution in [0.1, 0.15) is 18.9 Å². The Morgan fingerprint density at radius 3 is 2.45 bits per heavy atom. The molecule has 1 aromatic carbocycles. The van der Waals surface area contributed by atoms with Gasteiger partial charge in [-0.25, -0.2) is 8.78 Å². The lowest BCUT2D eigenvalue weighted by Gasteiger charge is -2.24. The average Bonchev–Trinajstić information content (AvgIpc) is 2.64. The smallest absolute Gasteiger partial charge is 0.288 e. The Hall–Kier alpha value is -1.82. The van der Waals surface area contributed by atoms with E-state index in [-0.39, 0.29) is 6.42 Å². The second-order valence-corrected chi connectivity index (χ2v) is 5.17. The van der Waals surface area contributed by atoms with Gasteiger partial charge in [0, 0.05) is 6.42 Å². The normalized spacial score (nSPS) is 23.5. The van der Waals surface area contributed by atoms with E-state index >= 15 is 0 Å². The molecular formula is C14H15F2NO3. The van der Waals surface area contributed by atoms with Gasteiger partial charge in [-0.05, 0) is 12.5 Å². The summed E-state index contributed by atoms with van der Waals surface area (Å²) in [6.45, 7) is -0.907. The molecule has 0 aromatic heterocycles. The van der Waals surface area contributed by atoms with Gasteiger partial charge in [-0.2, -0.15) is 0 Å². The zero-order valence-corrected chi connectivity index (χ0v) is 11.0. The standard InChI is InChI=1S/C14H15F2NO3/c1-13(10-5-3-2-4-6-10)7-11(19)17(12(13)20)8-14(15,16)9-18/h2-6,18H,7-9H2,1H3. The molecule has 108 valence electrons. The quantitative estimate of drug-likeness (QED) is 0.848. The Bertz CT molecular complexity index is 532. The maximum atomic E-state index is 13.2. The highest BCUT2D eigenvalue weighted by molar-refractivity contribution is 6.08. The third kappa shape index (κ3) is 2.43. The van der Waals surface area contributed by atoms with E-state index in [1.165, 1.54) is 0 Å². The minimum Gasteiger partial charge on any atom is -0.390 e. The Morgan fingerprint density at radius 2 is 1.90 bits per heavy atom. The monoisotopic (exact) mass is 283 g/mol. The molecule has 0 saturated carbocycles. The first kappa shape index (κ1) is 14.6. The fourth-order valence-corrected chi connectivity index (χ4v) is 2.36. The van der Waals surface area contributed by atoms with E-state index in [0.29, 0.717) is 10.5 Å². The number of carbonyl (C=O) groups excluding carboxylic acids is 2. The molecule has 20 heavy (non-hydrogen) atoms. The third-order valence-electron chi connectivity index (χ3n) is 3.55. The number of hydrogen-bond donors (Lipinski definition) is 1. The molecule has 0 aliphatic carbocycles. The van der Waals surface area contributed by atoms with Crippen molar-refractivity contribution in [1.82, 2.24) is 4.90 Å². The number of rotatable bonds is 4. The van der Waals surface area contributed by atoms with Gasteiger partial charge in [-0.3, -0.25) is 14.5 Å². The van der Waals surface area contributed by atoms with Crippen LogP contribution in [0.3, 0.4) is 0 Å². The predicted molar refractivity (Wildman–Crippen MR) is 67.2 cm³/mol. The molecule has 4 nitrogen and oxygen atoms in total. The highest BCUT2D eigenvalue weighted by Crippen LogP contribution is 2.37. The number of carbonyl (C=O) groups is 2. The van der Waals surface area contributed by atoms with Gasteiger partial charge in [-0.15, -0.1) is 0 Å². The van der Waals surface area contributed by atoms with Gasteiger partial charge in [0.15, 0.2) is 0 Å². The third-order valence-corrected chi connectivity index (χ3v) is 3.55. The number of imide groups is 1. The van der Waals surface area contributed by atoms with Gasteiger partial charge in [0.1, 0.15) is 6.61 Å². The van der Waals surface area contributed by atoms with Crippen molar-refractivity contribution in [2.24, 2.45) is 0 Å². The van der Waals surface area contributed by atoms with Crippen LogP contribution >= 0.6 is 0 Å². The van der Waals surface area contributed by atoms with E-state index in [2.05, 4.69) is 0 Å². The van der Waals surface area contributed by atoms with Crippen LogP contribution in [0.5, 0.6) is 0 Å². The molecule has 1 atom stereocenters. The van der Waals surface area contributed by atoms with Crippen LogP contribution in [0.2, 0.25) is 0 Å². The molecule has 1 aliphatic rings. The number of amides is 2. The molecule has 1 heterocycles. The molecule has 0 radical (unpaired) electrons. The summed E-state index contributed by atoms with van der Waals surface area (Å²) in [5, 5.41) is 8.57. The van der Waals surface area contributed by atoms with Gasteiger partial charge < -0.3 is 5.11 Å². The summed E-state index contributed by atoms with van der Waals surface area (Å²) in [7, 11) is 0. The van der Waals surface area contributed by atoms with E-state index in [0.717, 1.165) is 0 Å². The zero-order chi connectivity index (χ0) is 15.0. The molecule has 0 spiro atoms. The van der Waals surface area contributed by atoms with Gasteiger partial charge in [0.05, 0.1) is 12.0 Å². The van der Waals surface area contributed by atoms with Crippen molar-refractivity contribution in [2.45, 2.75) is 24.7 Å². The first-order chi connectivity index (χ1) is 9.30. The van der Waals surface area contributed by atoms with Crippen LogP contribution in [-0.4, -0.2) is 40.9 Å². The fraction of sp³-hybridized carbons (Fsp3) is 0.429. The lowest BCUT2D eigenvalue weighted by Crippen LogP contribution is -2.44. The molecule has 6 heteroatoms. The topological polar surface area (TPSA) is 57.6 Å². The molecule has 1 aromatic rings. The van der Waals surface area contributed by atoms with E-state index in [9.17, 15) is 18.4 Å². The lowest BCUT2D eigenvalue weighted by molar-refractivity contribution is -0.148. The number of likely N-dealkylation sites (tertiary alicyclic amines) is 1. The van der Waals surface area contributed by atoms with E-state index < -0.39 is 36.3 Å². The van der Waals surface area contributed by atoms with Crippen molar-refractivity contribution >= 4 is 11.8 Å².